The lowest BCUT2D eigenvalue weighted by Gasteiger charge is -2.09. The zero-order valence-corrected chi connectivity index (χ0v) is 12.1. The minimum absolute atomic E-state index is 0.231. The number of hydrogen-bond acceptors (Lipinski definition) is 4. The predicted octanol–water partition coefficient (Wildman–Crippen LogP) is 3.52. The van der Waals surface area contributed by atoms with Crippen molar-refractivity contribution in [1.29, 1.82) is 0 Å². The summed E-state index contributed by atoms with van der Waals surface area (Å²) in [4.78, 5) is 4.52. The molecule has 1 N–H and O–H groups in total. The first-order chi connectivity index (χ1) is 9.81. The van der Waals surface area contributed by atoms with E-state index in [9.17, 15) is 0 Å². The van der Waals surface area contributed by atoms with Crippen LogP contribution in [0.1, 0.15) is 49.0 Å². The van der Waals surface area contributed by atoms with E-state index in [0.717, 1.165) is 29.4 Å². The molecule has 1 aromatic heterocycles. The van der Waals surface area contributed by atoms with Crippen molar-refractivity contribution >= 4 is 11.6 Å². The quantitative estimate of drug-likeness (QED) is 0.940. The van der Waals surface area contributed by atoms with Gasteiger partial charge in [-0.3, -0.25) is 0 Å². The maximum Gasteiger partial charge on any atom is 0.231 e. The van der Waals surface area contributed by atoms with Crippen LogP contribution in [0.4, 0.5) is 0 Å². The van der Waals surface area contributed by atoms with Crippen molar-refractivity contribution in [2.24, 2.45) is 0 Å². The van der Waals surface area contributed by atoms with Gasteiger partial charge in [-0.2, -0.15) is 4.98 Å². The Morgan fingerprint density at radius 2 is 2.25 bits per heavy atom. The molecule has 0 aliphatic carbocycles. The fraction of sp³-hybridized carbons (Fsp3) is 0.467. The fourth-order valence-electron chi connectivity index (χ4n) is 2.55. The van der Waals surface area contributed by atoms with Crippen LogP contribution in [-0.2, 0) is 6.42 Å². The van der Waals surface area contributed by atoms with E-state index in [-0.39, 0.29) is 6.04 Å². The van der Waals surface area contributed by atoms with Crippen LogP contribution in [0.15, 0.2) is 28.8 Å². The molecule has 4 nitrogen and oxygen atoms in total. The van der Waals surface area contributed by atoms with Crippen LogP contribution in [0.2, 0.25) is 5.02 Å². The average molecular weight is 292 g/mol. The fourth-order valence-corrected chi connectivity index (χ4v) is 2.76. The van der Waals surface area contributed by atoms with E-state index in [0.29, 0.717) is 12.3 Å². The summed E-state index contributed by atoms with van der Waals surface area (Å²) in [7, 11) is 0. The normalized spacial score (nSPS) is 19.8. The van der Waals surface area contributed by atoms with Crippen LogP contribution in [-0.4, -0.2) is 16.7 Å². The molecule has 0 amide bonds. The zero-order valence-electron chi connectivity index (χ0n) is 11.3. The second-order valence-electron chi connectivity index (χ2n) is 5.21. The lowest BCUT2D eigenvalue weighted by Crippen LogP contribution is -2.21. The smallest absolute Gasteiger partial charge is 0.231 e. The zero-order chi connectivity index (χ0) is 13.8. The highest BCUT2D eigenvalue weighted by Crippen LogP contribution is 2.21. The monoisotopic (exact) mass is 291 g/mol. The van der Waals surface area contributed by atoms with Crippen molar-refractivity contribution in [3.8, 4) is 0 Å². The Morgan fingerprint density at radius 3 is 3.15 bits per heavy atom. The van der Waals surface area contributed by atoms with Crippen LogP contribution in [0.5, 0.6) is 0 Å². The van der Waals surface area contributed by atoms with E-state index in [2.05, 4.69) is 15.5 Å². The van der Waals surface area contributed by atoms with Gasteiger partial charge in [-0.25, -0.2) is 0 Å². The van der Waals surface area contributed by atoms with Gasteiger partial charge in [-0.15, -0.1) is 0 Å². The molecule has 5 heteroatoms. The Hall–Kier alpha value is -1.39. The van der Waals surface area contributed by atoms with Crippen LogP contribution in [0.25, 0.3) is 0 Å². The van der Waals surface area contributed by atoms with Crippen molar-refractivity contribution in [3.63, 3.8) is 0 Å². The van der Waals surface area contributed by atoms with Crippen molar-refractivity contribution in [2.75, 3.05) is 6.54 Å². The van der Waals surface area contributed by atoms with Crippen LogP contribution in [0, 0.1) is 0 Å². The van der Waals surface area contributed by atoms with E-state index < -0.39 is 0 Å². The maximum atomic E-state index is 5.98. The molecule has 2 aromatic rings. The molecule has 1 saturated heterocycles. The molecule has 0 saturated carbocycles. The largest absolute Gasteiger partial charge is 0.339 e. The lowest BCUT2D eigenvalue weighted by atomic mass is 10.1. The topological polar surface area (TPSA) is 51.0 Å². The minimum atomic E-state index is 0.231. The summed E-state index contributed by atoms with van der Waals surface area (Å²) in [5.74, 6) is 1.43. The SMILES string of the molecule is Clc1cccc(Cc2nc(C3CCCCCN3)no2)c1. The number of nitrogens with zero attached hydrogens (tertiary/aromatic N) is 2. The molecule has 1 aliphatic rings. The molecule has 20 heavy (non-hydrogen) atoms. The van der Waals surface area contributed by atoms with Gasteiger partial charge in [0.2, 0.25) is 5.89 Å². The number of rotatable bonds is 3. The molecule has 0 bridgehead atoms. The Bertz CT molecular complexity index is 562. The number of aromatic nitrogens is 2. The van der Waals surface area contributed by atoms with Crippen molar-refractivity contribution in [1.82, 2.24) is 15.5 Å². The summed E-state index contributed by atoms with van der Waals surface area (Å²) in [6.07, 6.45) is 5.42. The minimum Gasteiger partial charge on any atom is -0.339 e. The molecule has 106 valence electrons. The standard InChI is InChI=1S/C15H18ClN3O/c16-12-6-4-5-11(9-12)10-14-18-15(19-20-14)13-7-2-1-3-8-17-13/h4-6,9,13,17H,1-3,7-8,10H2. The molecule has 0 radical (unpaired) electrons. The average Bonchev–Trinajstić information content (AvgIpc) is 2.73. The Kier molecular flexibility index (Phi) is 4.33. The summed E-state index contributed by atoms with van der Waals surface area (Å²) < 4.78 is 5.36. The Labute approximate surface area is 123 Å². The Morgan fingerprint density at radius 1 is 1.30 bits per heavy atom. The van der Waals surface area contributed by atoms with E-state index in [1.165, 1.54) is 19.3 Å². The molecule has 1 unspecified atom stereocenters. The first-order valence-electron chi connectivity index (χ1n) is 7.11. The first kappa shape index (κ1) is 13.6. The maximum absolute atomic E-state index is 5.98. The van der Waals surface area contributed by atoms with E-state index >= 15 is 0 Å². The Balaban J connectivity index is 1.70. The summed E-state index contributed by atoms with van der Waals surface area (Å²) in [5, 5.41) is 8.33. The molecular formula is C15H18ClN3O. The number of hydrogen-bond donors (Lipinski definition) is 1. The van der Waals surface area contributed by atoms with E-state index in [1.54, 1.807) is 0 Å². The van der Waals surface area contributed by atoms with Crippen molar-refractivity contribution in [2.45, 2.75) is 38.1 Å². The third kappa shape index (κ3) is 3.38. The van der Waals surface area contributed by atoms with Crippen molar-refractivity contribution in [3.05, 3.63) is 46.6 Å². The molecule has 1 aromatic carbocycles. The second kappa shape index (κ2) is 6.37. The van der Waals surface area contributed by atoms with Crippen molar-refractivity contribution < 1.29 is 4.52 Å². The number of halogens is 1. The molecule has 1 atom stereocenters. The highest BCUT2D eigenvalue weighted by molar-refractivity contribution is 6.30. The second-order valence-corrected chi connectivity index (χ2v) is 5.65. The van der Waals surface area contributed by atoms with Gasteiger partial charge >= 0.3 is 0 Å². The van der Waals surface area contributed by atoms with Crippen LogP contribution >= 0.6 is 11.6 Å². The van der Waals surface area contributed by atoms with E-state index in [1.807, 2.05) is 24.3 Å². The van der Waals surface area contributed by atoms with Gasteiger partial charge in [-0.1, -0.05) is 41.7 Å². The third-order valence-electron chi connectivity index (χ3n) is 3.60. The molecule has 1 aliphatic heterocycles. The van der Waals surface area contributed by atoms with Gasteiger partial charge < -0.3 is 9.84 Å². The lowest BCUT2D eigenvalue weighted by molar-refractivity contribution is 0.369. The summed E-state index contributed by atoms with van der Waals surface area (Å²) in [6, 6.07) is 7.96. The van der Waals surface area contributed by atoms with Gasteiger partial charge in [0.15, 0.2) is 5.82 Å². The van der Waals surface area contributed by atoms with Gasteiger partial charge in [-0.05, 0) is 37.1 Å². The molecule has 2 heterocycles. The van der Waals surface area contributed by atoms with Gasteiger partial charge in [0, 0.05) is 5.02 Å². The first-order valence-corrected chi connectivity index (χ1v) is 7.49. The van der Waals surface area contributed by atoms with Gasteiger partial charge in [0.05, 0.1) is 12.5 Å². The highest BCUT2D eigenvalue weighted by Gasteiger charge is 2.19. The van der Waals surface area contributed by atoms with E-state index in [4.69, 9.17) is 16.1 Å². The third-order valence-corrected chi connectivity index (χ3v) is 3.84. The number of benzene rings is 1. The summed E-state index contributed by atoms with van der Waals surface area (Å²) in [6.45, 7) is 1.03. The molecule has 3 rings (SSSR count). The van der Waals surface area contributed by atoms with Gasteiger partial charge in [0.25, 0.3) is 0 Å². The summed E-state index contributed by atoms with van der Waals surface area (Å²) in [5.41, 5.74) is 1.08. The predicted molar refractivity (Wildman–Crippen MR) is 77.8 cm³/mol. The molecule has 0 spiro atoms. The number of nitrogens with one attached hydrogen (secondary N) is 1. The van der Waals surface area contributed by atoms with Crippen LogP contribution < -0.4 is 5.32 Å². The van der Waals surface area contributed by atoms with Gasteiger partial charge in [0.1, 0.15) is 0 Å². The molecular weight excluding hydrogens is 274 g/mol. The molecule has 1 fully saturated rings. The van der Waals surface area contributed by atoms with Crippen LogP contribution in [0.3, 0.4) is 0 Å². The highest BCUT2D eigenvalue weighted by atomic mass is 35.5. The summed E-state index contributed by atoms with van der Waals surface area (Å²) >= 11 is 5.98.